The molecule has 1 aliphatic rings. The van der Waals surface area contributed by atoms with Crippen LogP contribution in [0, 0.1) is 47.4 Å². The first kappa shape index (κ1) is 50.7. The maximum atomic E-state index is 9.82. The SMILES string of the molecule is Oc1ccc(C#Cc2cc(C#Cc3ccc(O)cc3)cc(Oc3ccc4cc(C5(c6ccc7cc(Oc8cc(C#Cc9ccc(O)cc9)cc(C#Cc9ccc(O)cc9)c8)ccc7c6)c6ccccc6-c6ccccc65)ccc4c3)c2)cc1. The van der Waals surface area contributed by atoms with Crippen LogP contribution in [0.2, 0.25) is 0 Å². The van der Waals surface area contributed by atoms with Gasteiger partial charge in [0, 0.05) is 44.5 Å². The molecule has 0 unspecified atom stereocenters. The molecule has 1 aliphatic carbocycles. The minimum atomic E-state index is -0.668. The van der Waals surface area contributed by atoms with Crippen molar-refractivity contribution >= 4 is 21.5 Å². The van der Waals surface area contributed by atoms with Crippen LogP contribution in [-0.2, 0) is 5.41 Å². The minimum Gasteiger partial charge on any atom is -0.508 e. The van der Waals surface area contributed by atoms with Crippen molar-refractivity contribution in [3.63, 3.8) is 0 Å². The van der Waals surface area contributed by atoms with Gasteiger partial charge in [0.15, 0.2) is 0 Å². The van der Waals surface area contributed by atoms with Crippen molar-refractivity contribution in [2.75, 3.05) is 0 Å². The highest BCUT2D eigenvalue weighted by Gasteiger charge is 2.46. The number of hydrogen-bond acceptors (Lipinski definition) is 6. The van der Waals surface area contributed by atoms with Crippen molar-refractivity contribution in [2.45, 2.75) is 5.41 Å². The normalized spacial score (nSPS) is 11.5. The van der Waals surface area contributed by atoms with E-state index in [1.807, 2.05) is 48.5 Å². The molecular weight excluding hydrogens is 1020 g/mol. The van der Waals surface area contributed by atoms with Gasteiger partial charge in [-0.15, -0.1) is 0 Å². The lowest BCUT2D eigenvalue weighted by Gasteiger charge is -2.34. The van der Waals surface area contributed by atoms with Crippen LogP contribution in [0.15, 0.2) is 255 Å². The van der Waals surface area contributed by atoms with Gasteiger partial charge in [-0.05, 0) is 225 Å². The Hall–Kier alpha value is -11.8. The third-order valence-corrected chi connectivity index (χ3v) is 14.6. The number of aromatic hydroxyl groups is 4. The van der Waals surface area contributed by atoms with Crippen LogP contribution in [0.4, 0.5) is 0 Å². The topological polar surface area (TPSA) is 99.4 Å². The number of phenols is 4. The fraction of sp³-hybridized carbons (Fsp3) is 0.0130. The molecule has 0 aromatic heterocycles. The number of ether oxygens (including phenoxy) is 2. The Morgan fingerprint density at radius 1 is 0.241 bits per heavy atom. The van der Waals surface area contributed by atoms with E-state index in [4.69, 9.17) is 9.47 Å². The fourth-order valence-electron chi connectivity index (χ4n) is 10.7. The van der Waals surface area contributed by atoms with Crippen LogP contribution in [0.1, 0.15) is 66.8 Å². The zero-order chi connectivity index (χ0) is 56.3. The van der Waals surface area contributed by atoms with Crippen LogP contribution in [0.25, 0.3) is 32.7 Å². The van der Waals surface area contributed by atoms with Gasteiger partial charge in [0.25, 0.3) is 0 Å². The van der Waals surface area contributed by atoms with Crippen molar-refractivity contribution in [3.8, 4) is 104 Å². The Morgan fingerprint density at radius 3 is 0.867 bits per heavy atom. The zero-order valence-electron chi connectivity index (χ0n) is 44.4. The standard InChI is InChI=1S/C77H46O6/c78-65-31-17-51(18-32-65)9-13-55-41-56(14-10-52-19-33-66(79)34-20-52)44-71(43-55)82-69-39-27-59-47-63(29-25-61(59)49-69)77(75-7-3-1-5-73(75)74-6-2-4-8-76(74)77)64-30-26-62-50-70(40-28-60(62)48-64)83-72-45-57(15-11-53-21-35-67(80)36-22-53)42-58(46-72)16-12-54-23-37-68(81)38-24-54/h1-8,17-50,78-81H. The second kappa shape index (κ2) is 21.8. The van der Waals surface area contributed by atoms with Crippen LogP contribution in [-0.4, -0.2) is 20.4 Å². The lowest BCUT2D eigenvalue weighted by atomic mass is 9.67. The summed E-state index contributed by atoms with van der Waals surface area (Å²) in [7, 11) is 0. The van der Waals surface area contributed by atoms with Gasteiger partial charge in [0.05, 0.1) is 5.41 Å². The molecule has 0 saturated carbocycles. The molecule has 12 aromatic rings. The predicted octanol–water partition coefficient (Wildman–Crippen LogP) is 16.4. The molecule has 0 aliphatic heterocycles. The number of rotatable bonds is 6. The van der Waals surface area contributed by atoms with E-state index in [0.29, 0.717) is 45.3 Å². The third kappa shape index (κ3) is 10.8. The largest absolute Gasteiger partial charge is 0.508 e. The Bertz CT molecular complexity index is 4310. The van der Waals surface area contributed by atoms with Gasteiger partial charge in [-0.3, -0.25) is 0 Å². The highest BCUT2D eigenvalue weighted by molar-refractivity contribution is 5.92. The molecule has 83 heavy (non-hydrogen) atoms. The molecule has 4 N–H and O–H groups in total. The van der Waals surface area contributed by atoms with Crippen molar-refractivity contribution in [1.29, 1.82) is 0 Å². The Kier molecular flexibility index (Phi) is 13.3. The highest BCUT2D eigenvalue weighted by atomic mass is 16.5. The molecule has 0 amide bonds. The summed E-state index contributed by atoms with van der Waals surface area (Å²) in [5, 5.41) is 43.4. The number of fused-ring (bicyclic) bond motifs is 5. The van der Waals surface area contributed by atoms with Crippen LogP contribution < -0.4 is 9.47 Å². The van der Waals surface area contributed by atoms with Crippen molar-refractivity contribution in [3.05, 3.63) is 322 Å². The van der Waals surface area contributed by atoms with E-state index in [-0.39, 0.29) is 23.0 Å². The van der Waals surface area contributed by atoms with E-state index >= 15 is 0 Å². The van der Waals surface area contributed by atoms with Gasteiger partial charge in [-0.1, -0.05) is 132 Å². The Balaban J connectivity index is 0.841. The smallest absolute Gasteiger partial charge is 0.129 e. The van der Waals surface area contributed by atoms with Gasteiger partial charge < -0.3 is 29.9 Å². The monoisotopic (exact) mass is 1070 g/mol. The summed E-state index contributed by atoms with van der Waals surface area (Å²) >= 11 is 0. The average molecular weight is 1070 g/mol. The first-order chi connectivity index (χ1) is 40.6. The number of benzene rings is 12. The first-order valence-electron chi connectivity index (χ1n) is 26.8. The molecule has 6 nitrogen and oxygen atoms in total. The van der Waals surface area contributed by atoms with E-state index < -0.39 is 5.41 Å². The van der Waals surface area contributed by atoms with Crippen LogP contribution >= 0.6 is 0 Å². The highest BCUT2D eigenvalue weighted by Crippen LogP contribution is 2.56. The van der Waals surface area contributed by atoms with Gasteiger partial charge >= 0.3 is 0 Å². The van der Waals surface area contributed by atoms with Crippen molar-refractivity contribution in [2.24, 2.45) is 0 Å². The van der Waals surface area contributed by atoms with Crippen molar-refractivity contribution < 1.29 is 29.9 Å². The van der Waals surface area contributed by atoms with E-state index in [1.54, 1.807) is 97.1 Å². The summed E-state index contributed by atoms with van der Waals surface area (Å²) in [6.45, 7) is 0. The number of phenolic OH excluding ortho intramolecular Hbond substituents is 4. The van der Waals surface area contributed by atoms with Crippen LogP contribution in [0.5, 0.6) is 46.0 Å². The summed E-state index contributed by atoms with van der Waals surface area (Å²) in [6, 6.07) is 81.7. The van der Waals surface area contributed by atoms with Gasteiger partial charge in [0.1, 0.15) is 46.0 Å². The van der Waals surface area contributed by atoms with Gasteiger partial charge in [-0.2, -0.15) is 0 Å². The molecule has 0 heterocycles. The molecular formula is C77H46O6. The summed E-state index contributed by atoms with van der Waals surface area (Å²) in [6.07, 6.45) is 0. The molecule has 0 bridgehead atoms. The molecule has 0 radical (unpaired) electrons. The molecule has 0 spiro atoms. The van der Waals surface area contributed by atoms with E-state index in [9.17, 15) is 20.4 Å². The minimum absolute atomic E-state index is 0.174. The predicted molar refractivity (Wildman–Crippen MR) is 328 cm³/mol. The Morgan fingerprint density at radius 2 is 0.530 bits per heavy atom. The fourth-order valence-corrected chi connectivity index (χ4v) is 10.7. The van der Waals surface area contributed by atoms with Gasteiger partial charge in [0.2, 0.25) is 0 Å². The number of hydrogen-bond donors (Lipinski definition) is 4. The van der Waals surface area contributed by atoms with Gasteiger partial charge in [-0.25, -0.2) is 0 Å². The summed E-state index contributed by atoms with van der Waals surface area (Å²) in [5.41, 5.74) is 12.3. The summed E-state index contributed by atoms with van der Waals surface area (Å²) in [4.78, 5) is 0. The molecule has 6 heteroatoms. The Labute approximate surface area is 480 Å². The molecule has 0 saturated heterocycles. The van der Waals surface area contributed by atoms with Crippen molar-refractivity contribution in [1.82, 2.24) is 0 Å². The average Bonchev–Trinajstić information content (AvgIpc) is 1.72. The van der Waals surface area contributed by atoms with Crippen LogP contribution in [0.3, 0.4) is 0 Å². The second-order valence-electron chi connectivity index (χ2n) is 20.2. The maximum absolute atomic E-state index is 9.82. The zero-order valence-corrected chi connectivity index (χ0v) is 44.4. The lowest BCUT2D eigenvalue weighted by molar-refractivity contribution is 0.474. The molecule has 390 valence electrons. The van der Waals surface area contributed by atoms with E-state index in [2.05, 4.69) is 157 Å². The quantitative estimate of drug-likeness (QED) is 0.124. The molecule has 12 aromatic carbocycles. The third-order valence-electron chi connectivity index (χ3n) is 14.6. The summed E-state index contributed by atoms with van der Waals surface area (Å²) in [5.74, 6) is 28.9. The second-order valence-corrected chi connectivity index (χ2v) is 20.2. The molecule has 0 fully saturated rings. The summed E-state index contributed by atoms with van der Waals surface area (Å²) < 4.78 is 13.3. The van der Waals surface area contributed by atoms with E-state index in [0.717, 1.165) is 54.9 Å². The van der Waals surface area contributed by atoms with E-state index in [1.165, 1.54) is 22.3 Å². The lowest BCUT2D eigenvalue weighted by Crippen LogP contribution is -2.28. The maximum Gasteiger partial charge on any atom is 0.129 e. The first-order valence-corrected chi connectivity index (χ1v) is 26.8. The molecule has 0 atom stereocenters. The molecule has 13 rings (SSSR count).